The van der Waals surface area contributed by atoms with Crippen molar-refractivity contribution in [1.82, 2.24) is 9.38 Å². The Morgan fingerprint density at radius 1 is 1.11 bits per heavy atom. The number of rotatable bonds is 2. The number of hydrogen-bond acceptors (Lipinski definition) is 2. The quantitative estimate of drug-likeness (QED) is 0.891. The SMILES string of the molecule is OC(c1cccc2cncn12)C1CCCCCCC1. The summed E-state index contributed by atoms with van der Waals surface area (Å²) >= 11 is 0. The standard InChI is InChI=1S/C16H22N2O/c19-16(13-7-4-2-1-3-5-8-13)15-10-6-9-14-11-17-12-18(14)15/h6,9-13,16,19H,1-5,7-8H2. The molecule has 2 heterocycles. The number of fused-ring (bicyclic) bond motifs is 1. The molecule has 3 nitrogen and oxygen atoms in total. The van der Waals surface area contributed by atoms with E-state index >= 15 is 0 Å². The Kier molecular flexibility index (Phi) is 3.83. The van der Waals surface area contributed by atoms with Crippen LogP contribution in [0.5, 0.6) is 0 Å². The van der Waals surface area contributed by atoms with Crippen LogP contribution in [0.1, 0.15) is 56.7 Å². The van der Waals surface area contributed by atoms with Gasteiger partial charge in [-0.1, -0.05) is 38.2 Å². The molecule has 0 aliphatic heterocycles. The van der Waals surface area contributed by atoms with Crippen molar-refractivity contribution in [2.75, 3.05) is 0 Å². The monoisotopic (exact) mass is 258 g/mol. The molecule has 3 heteroatoms. The lowest BCUT2D eigenvalue weighted by Gasteiger charge is -2.25. The topological polar surface area (TPSA) is 37.5 Å². The van der Waals surface area contributed by atoms with E-state index in [9.17, 15) is 5.11 Å². The van der Waals surface area contributed by atoms with Crippen LogP contribution in [0.2, 0.25) is 0 Å². The molecular weight excluding hydrogens is 236 g/mol. The fourth-order valence-electron chi connectivity index (χ4n) is 3.26. The van der Waals surface area contributed by atoms with Crippen molar-refractivity contribution in [2.45, 2.75) is 51.0 Å². The van der Waals surface area contributed by atoms with Gasteiger partial charge in [0.1, 0.15) is 0 Å². The first-order valence-electron chi connectivity index (χ1n) is 7.45. The van der Waals surface area contributed by atoms with Crippen molar-refractivity contribution in [3.63, 3.8) is 0 Å². The molecule has 0 aromatic carbocycles. The summed E-state index contributed by atoms with van der Waals surface area (Å²) in [6.07, 6.45) is 12.1. The third-order valence-electron chi connectivity index (χ3n) is 4.38. The predicted molar refractivity (Wildman–Crippen MR) is 76.0 cm³/mol. The molecule has 3 rings (SSSR count). The minimum Gasteiger partial charge on any atom is -0.387 e. The van der Waals surface area contributed by atoms with Gasteiger partial charge in [-0.05, 0) is 30.9 Å². The van der Waals surface area contributed by atoms with E-state index in [1.807, 2.05) is 28.8 Å². The average molecular weight is 258 g/mol. The molecule has 19 heavy (non-hydrogen) atoms. The lowest BCUT2D eigenvalue weighted by molar-refractivity contribution is 0.0864. The minimum absolute atomic E-state index is 0.365. The zero-order chi connectivity index (χ0) is 13.1. The van der Waals surface area contributed by atoms with Gasteiger partial charge in [0.2, 0.25) is 0 Å². The molecule has 2 aromatic rings. The average Bonchev–Trinajstić information content (AvgIpc) is 2.85. The zero-order valence-electron chi connectivity index (χ0n) is 11.3. The van der Waals surface area contributed by atoms with E-state index in [4.69, 9.17) is 0 Å². The molecule has 1 N–H and O–H groups in total. The van der Waals surface area contributed by atoms with Crippen LogP contribution >= 0.6 is 0 Å². The van der Waals surface area contributed by atoms with Crippen LogP contribution in [0.25, 0.3) is 5.52 Å². The molecule has 0 spiro atoms. The van der Waals surface area contributed by atoms with Crippen LogP contribution in [0.4, 0.5) is 0 Å². The van der Waals surface area contributed by atoms with Gasteiger partial charge in [-0.25, -0.2) is 4.98 Å². The summed E-state index contributed by atoms with van der Waals surface area (Å²) in [4.78, 5) is 4.17. The molecule has 0 amide bonds. The fourth-order valence-corrected chi connectivity index (χ4v) is 3.26. The Hall–Kier alpha value is -1.35. The number of aliphatic hydroxyl groups excluding tert-OH is 1. The van der Waals surface area contributed by atoms with E-state index in [-0.39, 0.29) is 6.10 Å². The molecule has 2 aromatic heterocycles. The molecule has 1 fully saturated rings. The van der Waals surface area contributed by atoms with E-state index in [1.54, 1.807) is 6.33 Å². The maximum atomic E-state index is 10.7. The molecule has 0 bridgehead atoms. The summed E-state index contributed by atoms with van der Waals surface area (Å²) < 4.78 is 2.02. The van der Waals surface area contributed by atoms with Crippen LogP contribution in [-0.2, 0) is 0 Å². The number of pyridine rings is 1. The lowest BCUT2D eigenvalue weighted by Crippen LogP contribution is -2.16. The van der Waals surface area contributed by atoms with E-state index < -0.39 is 0 Å². The van der Waals surface area contributed by atoms with Crippen molar-refractivity contribution in [3.05, 3.63) is 36.4 Å². The number of imidazole rings is 1. The summed E-state index contributed by atoms with van der Waals surface area (Å²) in [5.41, 5.74) is 2.04. The summed E-state index contributed by atoms with van der Waals surface area (Å²) in [5, 5.41) is 10.7. The maximum Gasteiger partial charge on any atom is 0.0995 e. The van der Waals surface area contributed by atoms with E-state index in [2.05, 4.69) is 4.98 Å². The largest absolute Gasteiger partial charge is 0.387 e. The first-order chi connectivity index (χ1) is 9.36. The lowest BCUT2D eigenvalue weighted by atomic mass is 9.86. The molecule has 1 unspecified atom stereocenters. The highest BCUT2D eigenvalue weighted by molar-refractivity contribution is 5.46. The van der Waals surface area contributed by atoms with Gasteiger partial charge in [0, 0.05) is 0 Å². The third kappa shape index (κ3) is 2.66. The molecule has 1 saturated carbocycles. The maximum absolute atomic E-state index is 10.7. The van der Waals surface area contributed by atoms with Crippen LogP contribution in [0.3, 0.4) is 0 Å². The zero-order valence-corrected chi connectivity index (χ0v) is 11.3. The van der Waals surface area contributed by atoms with Gasteiger partial charge in [-0.15, -0.1) is 0 Å². The second-order valence-corrected chi connectivity index (χ2v) is 5.69. The minimum atomic E-state index is -0.365. The summed E-state index contributed by atoms with van der Waals surface area (Å²) in [6.45, 7) is 0. The van der Waals surface area contributed by atoms with Crippen molar-refractivity contribution >= 4 is 5.52 Å². The Bertz CT molecular complexity index is 526. The van der Waals surface area contributed by atoms with Gasteiger partial charge >= 0.3 is 0 Å². The second kappa shape index (κ2) is 5.74. The molecule has 1 atom stereocenters. The highest BCUT2D eigenvalue weighted by Crippen LogP contribution is 2.33. The number of aromatic nitrogens is 2. The number of hydrogen-bond donors (Lipinski definition) is 1. The Balaban J connectivity index is 1.85. The number of aliphatic hydroxyl groups is 1. The van der Waals surface area contributed by atoms with Crippen molar-refractivity contribution in [1.29, 1.82) is 0 Å². The van der Waals surface area contributed by atoms with Crippen LogP contribution in [0.15, 0.2) is 30.7 Å². The molecule has 102 valence electrons. The molecular formula is C16H22N2O. The molecule has 0 saturated heterocycles. The van der Waals surface area contributed by atoms with Gasteiger partial charge in [-0.2, -0.15) is 0 Å². The van der Waals surface area contributed by atoms with E-state index in [0.29, 0.717) is 5.92 Å². The van der Waals surface area contributed by atoms with Crippen molar-refractivity contribution in [3.8, 4) is 0 Å². The smallest absolute Gasteiger partial charge is 0.0995 e. The van der Waals surface area contributed by atoms with E-state index in [0.717, 1.165) is 24.1 Å². The van der Waals surface area contributed by atoms with Crippen LogP contribution in [-0.4, -0.2) is 14.5 Å². The molecule has 1 aliphatic carbocycles. The third-order valence-corrected chi connectivity index (χ3v) is 4.38. The van der Waals surface area contributed by atoms with Crippen LogP contribution < -0.4 is 0 Å². The van der Waals surface area contributed by atoms with Gasteiger partial charge in [0.05, 0.1) is 29.8 Å². The highest BCUT2D eigenvalue weighted by Gasteiger charge is 2.23. The Labute approximate surface area is 114 Å². The molecule has 0 radical (unpaired) electrons. The van der Waals surface area contributed by atoms with Gasteiger partial charge in [0.25, 0.3) is 0 Å². The Morgan fingerprint density at radius 2 is 1.84 bits per heavy atom. The molecule has 1 aliphatic rings. The second-order valence-electron chi connectivity index (χ2n) is 5.69. The van der Waals surface area contributed by atoms with Gasteiger partial charge < -0.3 is 9.51 Å². The summed E-state index contributed by atoms with van der Waals surface area (Å²) in [6, 6.07) is 6.07. The first-order valence-corrected chi connectivity index (χ1v) is 7.45. The van der Waals surface area contributed by atoms with Crippen molar-refractivity contribution < 1.29 is 5.11 Å². The number of nitrogens with zero attached hydrogens (tertiary/aromatic N) is 2. The van der Waals surface area contributed by atoms with Gasteiger partial charge in [-0.3, -0.25) is 0 Å². The first kappa shape index (κ1) is 12.7. The predicted octanol–water partition coefficient (Wildman–Crippen LogP) is 3.73. The highest BCUT2D eigenvalue weighted by atomic mass is 16.3. The van der Waals surface area contributed by atoms with Gasteiger partial charge in [0.15, 0.2) is 0 Å². The summed E-state index contributed by atoms with van der Waals surface area (Å²) in [5.74, 6) is 0.397. The van der Waals surface area contributed by atoms with Crippen molar-refractivity contribution in [2.24, 2.45) is 5.92 Å². The Morgan fingerprint density at radius 3 is 2.63 bits per heavy atom. The van der Waals surface area contributed by atoms with E-state index in [1.165, 1.54) is 32.1 Å². The normalized spacial score (nSPS) is 20.1. The summed E-state index contributed by atoms with van der Waals surface area (Å²) in [7, 11) is 0. The van der Waals surface area contributed by atoms with Crippen LogP contribution in [0, 0.1) is 5.92 Å². The fraction of sp³-hybridized carbons (Fsp3) is 0.562.